The Morgan fingerprint density at radius 1 is 1.33 bits per heavy atom. The van der Waals surface area contributed by atoms with E-state index in [9.17, 15) is 14.4 Å². The fraction of sp³-hybridized carbons (Fsp3) is 0.200. The lowest BCUT2D eigenvalue weighted by Gasteiger charge is -2.03. The molecule has 15 heavy (non-hydrogen) atoms. The zero-order valence-corrected chi connectivity index (χ0v) is 8.40. The van der Waals surface area contributed by atoms with Crippen LogP contribution in [-0.2, 0) is 4.79 Å². The minimum absolute atomic E-state index is 0.117. The van der Waals surface area contributed by atoms with Crippen LogP contribution in [0, 0.1) is 0 Å². The number of pyridine rings is 1. The molecule has 0 fully saturated rings. The van der Waals surface area contributed by atoms with Gasteiger partial charge in [0.25, 0.3) is 0 Å². The summed E-state index contributed by atoms with van der Waals surface area (Å²) < 4.78 is 0. The van der Waals surface area contributed by atoms with E-state index in [1.165, 1.54) is 26.0 Å². The van der Waals surface area contributed by atoms with Gasteiger partial charge in [0.05, 0.1) is 0 Å². The highest BCUT2D eigenvalue weighted by Gasteiger charge is 2.06. The van der Waals surface area contributed by atoms with Crippen LogP contribution in [-0.4, -0.2) is 23.0 Å². The second-order valence-electron chi connectivity index (χ2n) is 3.02. The zero-order chi connectivity index (χ0) is 11.4. The summed E-state index contributed by atoms with van der Waals surface area (Å²) in [7, 11) is 0. The largest absolute Gasteiger partial charge is 0.311 e. The number of anilines is 1. The quantitative estimate of drug-likeness (QED) is 0.592. The molecule has 5 nitrogen and oxygen atoms in total. The average molecular weight is 206 g/mol. The molecule has 1 heterocycles. The van der Waals surface area contributed by atoms with Gasteiger partial charge in [-0.05, 0) is 19.1 Å². The Bertz CT molecular complexity index is 427. The number of aromatic nitrogens is 1. The Balaban J connectivity index is 3.16. The number of Topliss-reactive ketones (excluding diaryl/α,β-unsaturated/α-hetero) is 1. The van der Waals surface area contributed by atoms with Crippen molar-refractivity contribution in [1.82, 2.24) is 4.98 Å². The van der Waals surface area contributed by atoms with Crippen LogP contribution < -0.4 is 5.32 Å². The van der Waals surface area contributed by atoms with Gasteiger partial charge in [0.15, 0.2) is 12.1 Å². The van der Waals surface area contributed by atoms with Crippen LogP contribution in [0.25, 0.3) is 0 Å². The van der Waals surface area contributed by atoms with Gasteiger partial charge in [-0.3, -0.25) is 14.4 Å². The van der Waals surface area contributed by atoms with Crippen molar-refractivity contribution in [2.24, 2.45) is 0 Å². The lowest BCUT2D eigenvalue weighted by Crippen LogP contribution is -2.09. The molecule has 0 saturated carbocycles. The molecule has 1 aromatic rings. The minimum atomic E-state index is -0.306. The summed E-state index contributed by atoms with van der Waals surface area (Å²) in [6.07, 6.45) is 0.526. The topological polar surface area (TPSA) is 76.1 Å². The van der Waals surface area contributed by atoms with Gasteiger partial charge in [0.1, 0.15) is 11.5 Å². The molecule has 0 saturated heterocycles. The third-order valence-electron chi connectivity index (χ3n) is 1.68. The van der Waals surface area contributed by atoms with E-state index in [2.05, 4.69) is 10.3 Å². The second-order valence-corrected chi connectivity index (χ2v) is 3.02. The number of rotatable bonds is 3. The van der Waals surface area contributed by atoms with Gasteiger partial charge in [-0.15, -0.1) is 0 Å². The number of carbonyl (C=O) groups is 3. The summed E-state index contributed by atoms with van der Waals surface area (Å²) >= 11 is 0. The molecule has 0 spiro atoms. The predicted molar refractivity (Wildman–Crippen MR) is 53.9 cm³/mol. The highest BCUT2D eigenvalue weighted by molar-refractivity contribution is 5.97. The second kappa shape index (κ2) is 4.45. The molecule has 0 unspecified atom stereocenters. The van der Waals surface area contributed by atoms with Crippen LogP contribution in [0.15, 0.2) is 12.1 Å². The van der Waals surface area contributed by atoms with E-state index >= 15 is 0 Å². The SMILES string of the molecule is CC(=O)Nc1cc(C(C)=O)cc(C=O)n1. The van der Waals surface area contributed by atoms with Crippen molar-refractivity contribution in [3.8, 4) is 0 Å². The fourth-order valence-electron chi connectivity index (χ4n) is 1.06. The maximum atomic E-state index is 11.1. The molecule has 0 atom stereocenters. The summed E-state index contributed by atoms with van der Waals surface area (Å²) in [6.45, 7) is 2.70. The number of nitrogens with zero attached hydrogens (tertiary/aromatic N) is 1. The normalized spacial score (nSPS) is 9.47. The third kappa shape index (κ3) is 2.98. The summed E-state index contributed by atoms with van der Waals surface area (Å²) in [5, 5.41) is 2.41. The molecule has 0 radical (unpaired) electrons. The molecule has 0 bridgehead atoms. The monoisotopic (exact) mass is 206 g/mol. The van der Waals surface area contributed by atoms with Crippen molar-refractivity contribution in [2.75, 3.05) is 5.32 Å². The Hall–Kier alpha value is -2.04. The molecular weight excluding hydrogens is 196 g/mol. The lowest BCUT2D eigenvalue weighted by atomic mass is 10.1. The van der Waals surface area contributed by atoms with E-state index in [4.69, 9.17) is 0 Å². The van der Waals surface area contributed by atoms with E-state index in [1.54, 1.807) is 0 Å². The molecule has 1 amide bonds. The van der Waals surface area contributed by atoms with E-state index in [1.807, 2.05) is 0 Å². The predicted octanol–water partition coefficient (Wildman–Crippen LogP) is 1.06. The number of hydrogen-bond acceptors (Lipinski definition) is 4. The Kier molecular flexibility index (Phi) is 3.28. The summed E-state index contributed by atoms with van der Waals surface area (Å²) in [4.78, 5) is 36.2. The van der Waals surface area contributed by atoms with Gasteiger partial charge < -0.3 is 5.32 Å². The number of amides is 1. The lowest BCUT2D eigenvalue weighted by molar-refractivity contribution is -0.114. The van der Waals surface area contributed by atoms with E-state index in [0.29, 0.717) is 11.8 Å². The molecular formula is C10H10N2O3. The first-order chi connectivity index (χ1) is 7.02. The highest BCUT2D eigenvalue weighted by atomic mass is 16.1. The van der Waals surface area contributed by atoms with Gasteiger partial charge in [-0.25, -0.2) is 4.98 Å². The zero-order valence-electron chi connectivity index (χ0n) is 8.40. The number of aldehydes is 1. The maximum Gasteiger partial charge on any atom is 0.222 e. The van der Waals surface area contributed by atoms with Crippen molar-refractivity contribution in [1.29, 1.82) is 0 Å². The van der Waals surface area contributed by atoms with Crippen molar-refractivity contribution in [2.45, 2.75) is 13.8 Å². The standard InChI is InChI=1S/C10H10N2O3/c1-6(14)8-3-9(5-13)12-10(4-8)11-7(2)15/h3-5H,1-2H3,(H,11,12,15). The van der Waals surface area contributed by atoms with Gasteiger partial charge in [-0.2, -0.15) is 0 Å². The molecule has 78 valence electrons. The molecule has 0 aliphatic rings. The van der Waals surface area contributed by atoms with Gasteiger partial charge in [0.2, 0.25) is 5.91 Å². The number of carbonyl (C=O) groups excluding carboxylic acids is 3. The van der Waals surface area contributed by atoms with Gasteiger partial charge in [0, 0.05) is 12.5 Å². The maximum absolute atomic E-state index is 11.1. The number of ketones is 1. The van der Waals surface area contributed by atoms with Crippen molar-refractivity contribution < 1.29 is 14.4 Å². The van der Waals surface area contributed by atoms with Crippen LogP contribution in [0.1, 0.15) is 34.7 Å². The van der Waals surface area contributed by atoms with Gasteiger partial charge in [-0.1, -0.05) is 0 Å². The molecule has 0 aromatic carbocycles. The highest BCUT2D eigenvalue weighted by Crippen LogP contribution is 2.10. The van der Waals surface area contributed by atoms with E-state index in [0.717, 1.165) is 0 Å². The van der Waals surface area contributed by atoms with Crippen molar-refractivity contribution in [3.05, 3.63) is 23.4 Å². The first kappa shape index (κ1) is 11.0. The smallest absolute Gasteiger partial charge is 0.222 e. The first-order valence-electron chi connectivity index (χ1n) is 4.28. The van der Waals surface area contributed by atoms with Crippen LogP contribution in [0.3, 0.4) is 0 Å². The number of hydrogen-bond donors (Lipinski definition) is 1. The van der Waals surface area contributed by atoms with Crippen LogP contribution in [0.4, 0.5) is 5.82 Å². The Morgan fingerprint density at radius 3 is 2.47 bits per heavy atom. The average Bonchev–Trinajstić information content (AvgIpc) is 2.16. The Labute approximate surface area is 86.5 Å². The first-order valence-corrected chi connectivity index (χ1v) is 4.28. The van der Waals surface area contributed by atoms with Crippen molar-refractivity contribution >= 4 is 23.8 Å². The molecule has 0 aliphatic carbocycles. The summed E-state index contributed by atoms with van der Waals surface area (Å²) in [5.74, 6) is -0.288. The van der Waals surface area contributed by atoms with E-state index in [-0.39, 0.29) is 23.2 Å². The Morgan fingerprint density at radius 2 is 2.00 bits per heavy atom. The third-order valence-corrected chi connectivity index (χ3v) is 1.68. The summed E-state index contributed by atoms with van der Waals surface area (Å²) in [5.41, 5.74) is 0.460. The fourth-order valence-corrected chi connectivity index (χ4v) is 1.06. The molecule has 5 heteroatoms. The van der Waals surface area contributed by atoms with E-state index < -0.39 is 0 Å². The van der Waals surface area contributed by atoms with Crippen LogP contribution >= 0.6 is 0 Å². The van der Waals surface area contributed by atoms with Crippen LogP contribution in [0.2, 0.25) is 0 Å². The van der Waals surface area contributed by atoms with Crippen LogP contribution in [0.5, 0.6) is 0 Å². The molecule has 0 aliphatic heterocycles. The molecule has 1 rings (SSSR count). The number of nitrogens with one attached hydrogen (secondary N) is 1. The van der Waals surface area contributed by atoms with Crippen molar-refractivity contribution in [3.63, 3.8) is 0 Å². The molecule has 1 aromatic heterocycles. The minimum Gasteiger partial charge on any atom is -0.311 e. The molecule has 1 N–H and O–H groups in total. The van der Waals surface area contributed by atoms with Gasteiger partial charge >= 0.3 is 0 Å². The summed E-state index contributed by atoms with van der Waals surface area (Å²) in [6, 6.07) is 2.80.